The molecule has 1 heterocycles. The highest BCUT2D eigenvalue weighted by Gasteiger charge is 2.22. The molecule has 0 atom stereocenters. The van der Waals surface area contributed by atoms with E-state index in [2.05, 4.69) is 15.4 Å². The van der Waals surface area contributed by atoms with Gasteiger partial charge in [0.15, 0.2) is 23.8 Å². The van der Waals surface area contributed by atoms with Crippen LogP contribution in [-0.2, 0) is 9.53 Å². The molecule has 1 N–H and O–H groups in total. The van der Waals surface area contributed by atoms with Crippen LogP contribution in [0.25, 0.3) is 11.3 Å². The second-order valence-electron chi connectivity index (χ2n) is 7.30. The van der Waals surface area contributed by atoms with Gasteiger partial charge in [0.2, 0.25) is 0 Å². The average molecular weight is 473 g/mol. The number of amides is 1. The van der Waals surface area contributed by atoms with E-state index >= 15 is 0 Å². The fraction of sp³-hybridized carbons (Fsp3) is 0.154. The average Bonchev–Trinajstić information content (AvgIpc) is 3.39. The molecular formula is C26H24N4O5. The molecule has 4 rings (SSSR count). The van der Waals surface area contributed by atoms with Crippen molar-refractivity contribution in [3.05, 3.63) is 84.6 Å². The van der Waals surface area contributed by atoms with Gasteiger partial charge in [-0.25, -0.2) is 4.79 Å². The number of hydrogen-bond donors (Lipinski definition) is 1. The summed E-state index contributed by atoms with van der Waals surface area (Å²) in [5.74, 6) is -0.0939. The van der Waals surface area contributed by atoms with Crippen LogP contribution in [0.3, 0.4) is 0 Å². The SMILES string of the molecule is CCOC(=O)c1n[nH]nc1-c1ccc(OCC(=O)N(c2ccccc2)c2ccccc2)c(OC)c1. The number of ether oxygens (including phenoxy) is 3. The lowest BCUT2D eigenvalue weighted by Crippen LogP contribution is -2.30. The number of aromatic amines is 1. The third kappa shape index (κ3) is 5.30. The predicted molar refractivity (Wildman–Crippen MR) is 130 cm³/mol. The number of esters is 1. The van der Waals surface area contributed by atoms with Gasteiger partial charge < -0.3 is 14.2 Å². The fourth-order valence-electron chi connectivity index (χ4n) is 3.50. The molecule has 0 saturated heterocycles. The number of nitrogens with zero attached hydrogens (tertiary/aromatic N) is 3. The zero-order valence-corrected chi connectivity index (χ0v) is 19.3. The van der Waals surface area contributed by atoms with E-state index in [1.807, 2.05) is 60.7 Å². The van der Waals surface area contributed by atoms with Gasteiger partial charge >= 0.3 is 5.97 Å². The molecule has 0 bridgehead atoms. The summed E-state index contributed by atoms with van der Waals surface area (Å²) in [6, 6.07) is 23.7. The van der Waals surface area contributed by atoms with Gasteiger partial charge in [-0.1, -0.05) is 36.4 Å². The minimum absolute atomic E-state index is 0.0686. The molecule has 0 saturated carbocycles. The third-order valence-corrected chi connectivity index (χ3v) is 5.08. The molecule has 9 nitrogen and oxygen atoms in total. The molecule has 1 aromatic heterocycles. The number of anilines is 2. The summed E-state index contributed by atoms with van der Waals surface area (Å²) in [6.45, 7) is 1.71. The molecule has 9 heteroatoms. The van der Waals surface area contributed by atoms with Gasteiger partial charge in [-0.05, 0) is 49.4 Å². The molecule has 0 spiro atoms. The second kappa shape index (κ2) is 11.0. The van der Waals surface area contributed by atoms with Crippen molar-refractivity contribution < 1.29 is 23.8 Å². The van der Waals surface area contributed by atoms with Gasteiger partial charge in [0, 0.05) is 16.9 Å². The molecule has 0 aliphatic heterocycles. The van der Waals surface area contributed by atoms with E-state index < -0.39 is 5.97 Å². The molecule has 35 heavy (non-hydrogen) atoms. The topological polar surface area (TPSA) is 107 Å². The zero-order chi connectivity index (χ0) is 24.6. The first kappa shape index (κ1) is 23.5. The molecule has 178 valence electrons. The molecule has 0 aliphatic carbocycles. The van der Waals surface area contributed by atoms with Crippen molar-refractivity contribution in [3.63, 3.8) is 0 Å². The number of aromatic nitrogens is 3. The number of benzene rings is 3. The Hall–Kier alpha value is -4.66. The summed E-state index contributed by atoms with van der Waals surface area (Å²) < 4.78 is 16.3. The molecule has 0 unspecified atom stereocenters. The van der Waals surface area contributed by atoms with Gasteiger partial charge in [-0.2, -0.15) is 10.3 Å². The smallest absolute Gasteiger partial charge is 0.361 e. The van der Waals surface area contributed by atoms with Crippen molar-refractivity contribution in [2.24, 2.45) is 0 Å². The summed E-state index contributed by atoms with van der Waals surface area (Å²) >= 11 is 0. The predicted octanol–water partition coefficient (Wildman–Crippen LogP) is 4.40. The second-order valence-corrected chi connectivity index (χ2v) is 7.30. The van der Waals surface area contributed by atoms with E-state index in [0.717, 1.165) is 11.4 Å². The van der Waals surface area contributed by atoms with Crippen molar-refractivity contribution in [1.82, 2.24) is 15.4 Å². The van der Waals surface area contributed by atoms with Crippen LogP contribution >= 0.6 is 0 Å². The van der Waals surface area contributed by atoms with Gasteiger partial charge in [-0.15, -0.1) is 5.10 Å². The van der Waals surface area contributed by atoms with Gasteiger partial charge in [0.05, 0.1) is 13.7 Å². The van der Waals surface area contributed by atoms with Crippen molar-refractivity contribution in [2.45, 2.75) is 6.92 Å². The lowest BCUT2D eigenvalue weighted by molar-refractivity contribution is -0.119. The Morgan fingerprint density at radius 1 is 0.886 bits per heavy atom. The lowest BCUT2D eigenvalue weighted by atomic mass is 10.1. The Kier molecular flexibility index (Phi) is 7.37. The Morgan fingerprint density at radius 2 is 1.54 bits per heavy atom. The van der Waals surface area contributed by atoms with Crippen LogP contribution in [0.5, 0.6) is 11.5 Å². The lowest BCUT2D eigenvalue weighted by Gasteiger charge is -2.23. The van der Waals surface area contributed by atoms with Crippen LogP contribution in [0.2, 0.25) is 0 Å². The molecule has 3 aromatic carbocycles. The van der Waals surface area contributed by atoms with Crippen LogP contribution < -0.4 is 14.4 Å². The number of carbonyl (C=O) groups excluding carboxylic acids is 2. The number of nitrogens with one attached hydrogen (secondary N) is 1. The maximum atomic E-state index is 13.2. The van der Waals surface area contributed by atoms with Crippen LogP contribution in [0, 0.1) is 0 Å². The Balaban J connectivity index is 1.55. The van der Waals surface area contributed by atoms with Crippen molar-refractivity contribution in [1.29, 1.82) is 0 Å². The first-order valence-corrected chi connectivity index (χ1v) is 10.9. The van der Waals surface area contributed by atoms with Gasteiger partial charge in [0.25, 0.3) is 5.91 Å². The van der Waals surface area contributed by atoms with E-state index in [1.165, 1.54) is 7.11 Å². The first-order chi connectivity index (χ1) is 17.1. The number of para-hydroxylation sites is 2. The largest absolute Gasteiger partial charge is 0.493 e. The number of hydrogen-bond acceptors (Lipinski definition) is 7. The molecular weight excluding hydrogens is 448 g/mol. The first-order valence-electron chi connectivity index (χ1n) is 10.9. The number of H-pyrrole nitrogens is 1. The maximum Gasteiger partial charge on any atom is 0.361 e. The van der Waals surface area contributed by atoms with Crippen molar-refractivity contribution in [3.8, 4) is 22.8 Å². The monoisotopic (exact) mass is 472 g/mol. The Labute approximate surface area is 202 Å². The molecule has 0 fully saturated rings. The normalized spacial score (nSPS) is 10.5. The highest BCUT2D eigenvalue weighted by molar-refractivity contribution is 6.01. The highest BCUT2D eigenvalue weighted by Crippen LogP contribution is 2.33. The van der Waals surface area contributed by atoms with E-state index in [0.29, 0.717) is 22.8 Å². The summed E-state index contributed by atoms with van der Waals surface area (Å²) in [5.41, 5.74) is 2.43. The standard InChI is InChI=1S/C26H24N4O5/c1-3-34-26(32)25-24(27-29-28-25)18-14-15-21(22(16-18)33-2)35-17-23(31)30(19-10-6-4-7-11-19)20-12-8-5-9-13-20/h4-16H,3,17H2,1-2H3,(H,27,28,29). The summed E-state index contributed by atoms with van der Waals surface area (Å²) in [5, 5.41) is 10.4. The summed E-state index contributed by atoms with van der Waals surface area (Å²) in [7, 11) is 1.49. The molecule has 0 aliphatic rings. The quantitative estimate of drug-likeness (QED) is 0.360. The van der Waals surface area contributed by atoms with Crippen LogP contribution in [0.15, 0.2) is 78.9 Å². The van der Waals surface area contributed by atoms with E-state index in [9.17, 15) is 9.59 Å². The number of rotatable bonds is 9. The van der Waals surface area contributed by atoms with Crippen LogP contribution in [0.1, 0.15) is 17.4 Å². The van der Waals surface area contributed by atoms with Gasteiger partial charge in [-0.3, -0.25) is 9.69 Å². The van der Waals surface area contributed by atoms with E-state index in [1.54, 1.807) is 30.0 Å². The molecule has 0 radical (unpaired) electrons. The van der Waals surface area contributed by atoms with E-state index in [4.69, 9.17) is 14.2 Å². The third-order valence-electron chi connectivity index (χ3n) is 5.08. The summed E-state index contributed by atoms with van der Waals surface area (Å²) in [4.78, 5) is 27.0. The Bertz CT molecular complexity index is 1250. The van der Waals surface area contributed by atoms with Crippen molar-refractivity contribution >= 4 is 23.3 Å². The number of methoxy groups -OCH3 is 1. The van der Waals surface area contributed by atoms with E-state index in [-0.39, 0.29) is 24.8 Å². The van der Waals surface area contributed by atoms with Crippen LogP contribution in [0.4, 0.5) is 11.4 Å². The maximum absolute atomic E-state index is 13.2. The van der Waals surface area contributed by atoms with Gasteiger partial charge in [0.1, 0.15) is 5.69 Å². The zero-order valence-electron chi connectivity index (χ0n) is 19.3. The summed E-state index contributed by atoms with van der Waals surface area (Å²) in [6.07, 6.45) is 0. The van der Waals surface area contributed by atoms with Crippen LogP contribution in [-0.4, -0.2) is 47.6 Å². The molecule has 4 aromatic rings. The van der Waals surface area contributed by atoms with Crippen molar-refractivity contribution in [2.75, 3.05) is 25.2 Å². The minimum atomic E-state index is -0.581. The highest BCUT2D eigenvalue weighted by atomic mass is 16.5. The number of carbonyl (C=O) groups is 2. The minimum Gasteiger partial charge on any atom is -0.493 e. The molecule has 1 amide bonds. The Morgan fingerprint density at radius 3 is 2.14 bits per heavy atom. The fourth-order valence-corrected chi connectivity index (χ4v) is 3.50.